The van der Waals surface area contributed by atoms with Crippen LogP contribution in [0, 0.1) is 5.82 Å². The van der Waals surface area contributed by atoms with Crippen molar-refractivity contribution in [1.29, 1.82) is 0 Å². The number of carbonyl (C=O) groups excluding carboxylic acids is 1. The summed E-state index contributed by atoms with van der Waals surface area (Å²) in [4.78, 5) is 42.4. The number of nitrogens with zero attached hydrogens (tertiary/aromatic N) is 3. The second-order valence-electron chi connectivity index (χ2n) is 6.30. The molecule has 35 heavy (non-hydrogen) atoms. The van der Waals surface area contributed by atoms with Gasteiger partial charge in [0, 0.05) is 24.4 Å². The van der Waals surface area contributed by atoms with Crippen molar-refractivity contribution in [2.75, 3.05) is 25.1 Å². The van der Waals surface area contributed by atoms with Gasteiger partial charge in [0.2, 0.25) is 5.96 Å². The van der Waals surface area contributed by atoms with Crippen molar-refractivity contribution in [2.45, 2.75) is 20.0 Å². The van der Waals surface area contributed by atoms with Gasteiger partial charge < -0.3 is 29.3 Å². The summed E-state index contributed by atoms with van der Waals surface area (Å²) in [5, 5.41) is 0. The minimum Gasteiger partial charge on any atom is -0.790 e. The summed E-state index contributed by atoms with van der Waals surface area (Å²) >= 11 is 0. The van der Waals surface area contributed by atoms with Crippen molar-refractivity contribution < 1.29 is 91.9 Å². The van der Waals surface area contributed by atoms with Crippen LogP contribution in [0.3, 0.4) is 0 Å². The van der Waals surface area contributed by atoms with Crippen molar-refractivity contribution in [3.63, 3.8) is 0 Å². The molecule has 0 unspecified atom stereocenters. The number of hydrogen-bond donors (Lipinski definition) is 3. The summed E-state index contributed by atoms with van der Waals surface area (Å²) in [5.74, 6) is -0.203. The number of halogens is 1. The van der Waals surface area contributed by atoms with Crippen LogP contribution in [0.15, 0.2) is 41.5 Å². The number of pyridine rings is 1. The van der Waals surface area contributed by atoms with E-state index >= 15 is 0 Å². The van der Waals surface area contributed by atoms with E-state index in [0.29, 0.717) is 11.4 Å². The molecular weight excluding hydrogens is 504 g/mol. The van der Waals surface area contributed by atoms with E-state index in [-0.39, 0.29) is 82.9 Å². The average molecular weight is 528 g/mol. The Morgan fingerprint density at radius 3 is 2.57 bits per heavy atom. The van der Waals surface area contributed by atoms with Gasteiger partial charge in [0.25, 0.3) is 0 Å². The van der Waals surface area contributed by atoms with Gasteiger partial charge in [-0.3, -0.25) is 10.3 Å². The minimum absolute atomic E-state index is 0. The Morgan fingerprint density at radius 1 is 1.34 bits per heavy atom. The number of ether oxygens (including phenoxy) is 1. The van der Waals surface area contributed by atoms with Gasteiger partial charge in [-0.2, -0.15) is 4.99 Å². The molecular formula is C19H24FN6Na2O6P. The van der Waals surface area contributed by atoms with E-state index in [0.717, 1.165) is 11.0 Å². The summed E-state index contributed by atoms with van der Waals surface area (Å²) in [6, 6.07) is 7.25. The zero-order valence-electron chi connectivity index (χ0n) is 20.1. The molecule has 16 heteroatoms. The van der Waals surface area contributed by atoms with Crippen LogP contribution in [0.2, 0.25) is 0 Å². The number of amides is 1. The monoisotopic (exact) mass is 528 g/mol. The molecule has 2 heterocycles. The normalized spacial score (nSPS) is 15.3. The number of nitrogens with two attached hydrogens (primary N) is 1. The van der Waals surface area contributed by atoms with E-state index in [1.807, 2.05) is 13.8 Å². The summed E-state index contributed by atoms with van der Waals surface area (Å²) in [6.45, 7) is 3.29. The van der Waals surface area contributed by atoms with Gasteiger partial charge in [-0.1, -0.05) is 13.8 Å². The third kappa shape index (κ3) is 10.4. The van der Waals surface area contributed by atoms with E-state index in [1.54, 1.807) is 19.2 Å². The Kier molecular flexibility index (Phi) is 15.4. The van der Waals surface area contributed by atoms with Gasteiger partial charge >= 0.3 is 65.2 Å². The molecule has 0 aliphatic carbocycles. The number of anilines is 1. The number of hydrazine groups is 1. The number of aliphatic imine (C=N–C) groups is 1. The maximum absolute atomic E-state index is 14.7. The van der Waals surface area contributed by atoms with Gasteiger partial charge in [-0.05, 0) is 30.3 Å². The van der Waals surface area contributed by atoms with Crippen LogP contribution in [0.4, 0.5) is 20.7 Å². The molecule has 2 aromatic rings. The smallest absolute Gasteiger partial charge is 0.790 e. The molecule has 1 fully saturated rings. The molecule has 0 bridgehead atoms. The van der Waals surface area contributed by atoms with Gasteiger partial charge in [-0.25, -0.2) is 19.6 Å². The number of cyclic esters (lactones) is 1. The molecule has 1 aromatic carbocycles. The van der Waals surface area contributed by atoms with E-state index < -0.39 is 32.4 Å². The van der Waals surface area contributed by atoms with E-state index in [1.165, 1.54) is 18.3 Å². The number of guanidine groups is 1. The van der Waals surface area contributed by atoms with Gasteiger partial charge in [-0.15, -0.1) is 0 Å². The predicted octanol–water partition coefficient (Wildman–Crippen LogP) is -5.24. The van der Waals surface area contributed by atoms with E-state index in [2.05, 4.69) is 25.4 Å². The Hall–Kier alpha value is -1.09. The molecule has 1 amide bonds. The fourth-order valence-corrected chi connectivity index (χ4v) is 3.14. The van der Waals surface area contributed by atoms with Crippen LogP contribution in [0.25, 0.3) is 11.1 Å². The maximum atomic E-state index is 14.7. The van der Waals surface area contributed by atoms with Crippen molar-refractivity contribution in [1.82, 2.24) is 15.8 Å². The van der Waals surface area contributed by atoms with Crippen LogP contribution in [0.1, 0.15) is 13.8 Å². The van der Waals surface area contributed by atoms with Crippen LogP contribution in [-0.2, 0) is 13.8 Å². The Balaban J connectivity index is 0.00000282. The second-order valence-corrected chi connectivity index (χ2v) is 7.45. The van der Waals surface area contributed by atoms with Gasteiger partial charge in [0.15, 0.2) is 5.82 Å². The third-order valence-corrected chi connectivity index (χ3v) is 4.57. The number of benzene rings is 1. The van der Waals surface area contributed by atoms with Crippen molar-refractivity contribution in [3.8, 4) is 11.1 Å². The topological polar surface area (TPSA) is 177 Å². The first-order chi connectivity index (χ1) is 15.7. The second kappa shape index (κ2) is 15.9. The van der Waals surface area contributed by atoms with Crippen LogP contribution in [0.5, 0.6) is 0 Å². The summed E-state index contributed by atoms with van der Waals surface area (Å²) in [7, 11) is -3.57. The van der Waals surface area contributed by atoms with Crippen molar-refractivity contribution in [3.05, 3.63) is 42.3 Å². The number of hydrogen-bond acceptors (Lipinski definition) is 9. The standard InChI is InChI=1S/C17H20FN6O6P.C2H6.2Na/c1-20-23-16(19)22-15-5-2-10(7-21-15)13-4-3-11(6-14(13)18)24-8-12(30-17(24)25)9-29-31(26,27)28;1-2;;/h2-7,12,20H,8-9H2,1H3,(H2,26,27,28)(H3,19,21,22,23);1-2H3;;/q;;2*+1/p-2/t12-;;;/m1.../s1. The first-order valence-electron chi connectivity index (χ1n) is 9.84. The van der Waals surface area contributed by atoms with Crippen molar-refractivity contribution >= 4 is 31.4 Å². The molecule has 180 valence electrons. The summed E-state index contributed by atoms with van der Waals surface area (Å²) < 4.78 is 34.3. The zero-order valence-corrected chi connectivity index (χ0v) is 25.0. The number of carbonyl (C=O) groups is 1. The molecule has 1 saturated heterocycles. The fourth-order valence-electron chi connectivity index (χ4n) is 2.79. The first-order valence-corrected chi connectivity index (χ1v) is 11.3. The minimum atomic E-state index is -5.19. The molecule has 3 rings (SSSR count). The molecule has 1 atom stereocenters. The Morgan fingerprint density at radius 2 is 2.03 bits per heavy atom. The molecule has 0 spiro atoms. The van der Waals surface area contributed by atoms with Crippen LogP contribution < -0.4 is 90.4 Å². The first kappa shape index (κ1) is 33.9. The third-order valence-electron chi connectivity index (χ3n) is 4.10. The Labute approximate surface area is 246 Å². The number of nitrogens with one attached hydrogen (secondary N) is 2. The molecule has 1 aromatic heterocycles. The van der Waals surface area contributed by atoms with Crippen LogP contribution >= 0.6 is 7.82 Å². The quantitative estimate of drug-likeness (QED) is 0.103. The fraction of sp³-hybridized carbons (Fsp3) is 0.316. The molecule has 12 nitrogen and oxygen atoms in total. The molecule has 1 aliphatic heterocycles. The zero-order chi connectivity index (χ0) is 24.6. The van der Waals surface area contributed by atoms with Gasteiger partial charge in [0.05, 0.1) is 26.7 Å². The molecule has 0 radical (unpaired) electrons. The summed E-state index contributed by atoms with van der Waals surface area (Å²) in [5.41, 5.74) is 11.7. The molecule has 1 aliphatic rings. The number of phosphoric ester groups is 1. The maximum Gasteiger partial charge on any atom is 1.00 e. The number of phosphoric acid groups is 1. The molecule has 0 saturated carbocycles. The largest absolute Gasteiger partial charge is 1.00 e. The number of aromatic nitrogens is 1. The number of rotatable bonds is 7. The predicted molar refractivity (Wildman–Crippen MR) is 116 cm³/mol. The average Bonchev–Trinajstić information content (AvgIpc) is 3.15. The summed E-state index contributed by atoms with van der Waals surface area (Å²) in [6.07, 6.45) is -0.372. The SMILES string of the molecule is CC.CNNC(N)=Nc1ccc(-c2ccc(N3C[C@H](COP(=O)([O-])[O-])OC3=O)cc2F)cn1.[Na+].[Na+]. The van der Waals surface area contributed by atoms with E-state index in [4.69, 9.17) is 10.5 Å². The molecule has 4 N–H and O–H groups in total. The van der Waals surface area contributed by atoms with Crippen molar-refractivity contribution in [2.24, 2.45) is 10.7 Å². The van der Waals surface area contributed by atoms with Crippen LogP contribution in [-0.4, -0.2) is 43.3 Å². The van der Waals surface area contributed by atoms with Gasteiger partial charge in [0.1, 0.15) is 11.9 Å². The Bertz CT molecular complexity index is 1040. The van der Waals surface area contributed by atoms with E-state index in [9.17, 15) is 23.5 Å².